The van der Waals surface area contributed by atoms with E-state index in [9.17, 15) is 18.0 Å². The van der Waals surface area contributed by atoms with Crippen LogP contribution in [0.25, 0.3) is 0 Å². The van der Waals surface area contributed by atoms with Gasteiger partial charge in [-0.3, -0.25) is 13.9 Å². The zero-order valence-corrected chi connectivity index (χ0v) is 23.3. The molecule has 0 bridgehead atoms. The van der Waals surface area contributed by atoms with E-state index in [1.807, 2.05) is 54.6 Å². The topological polar surface area (TPSA) is 96.0 Å². The Hall–Kier alpha value is -3.37. The Bertz CT molecular complexity index is 1320. The number of carbonyl (C=O) groups is 2. The van der Waals surface area contributed by atoms with Crippen molar-refractivity contribution in [1.82, 2.24) is 10.2 Å². The summed E-state index contributed by atoms with van der Waals surface area (Å²) in [5, 5.41) is 2.55. The number of anilines is 1. The van der Waals surface area contributed by atoms with Crippen molar-refractivity contribution < 1.29 is 22.7 Å². The van der Waals surface area contributed by atoms with Crippen LogP contribution in [0.15, 0.2) is 83.3 Å². The van der Waals surface area contributed by atoms with Crippen molar-refractivity contribution in [1.29, 1.82) is 0 Å². The van der Waals surface area contributed by atoms with Crippen LogP contribution < -0.4 is 14.4 Å². The lowest BCUT2D eigenvalue weighted by atomic mass is 10.1. The predicted molar refractivity (Wildman–Crippen MR) is 148 cm³/mol. The molecule has 8 nitrogen and oxygen atoms in total. The number of sulfonamides is 1. The van der Waals surface area contributed by atoms with Crippen LogP contribution in [0.2, 0.25) is 0 Å². The molecule has 3 aromatic rings. The van der Waals surface area contributed by atoms with Gasteiger partial charge in [-0.15, -0.1) is 0 Å². The minimum Gasteiger partial charge on any atom is -0.489 e. The average molecular weight is 589 g/mol. The number of likely N-dealkylation sites (N-methyl/N-ethyl adjacent to an activating group) is 1. The highest BCUT2D eigenvalue weighted by molar-refractivity contribution is 9.10. The second-order valence-electron chi connectivity index (χ2n) is 8.48. The molecule has 0 aliphatic carbocycles. The number of rotatable bonds is 11. The Labute approximate surface area is 226 Å². The summed E-state index contributed by atoms with van der Waals surface area (Å²) in [7, 11) is -2.32. The molecule has 0 saturated carbocycles. The fraction of sp³-hybridized carbons (Fsp3) is 0.259. The van der Waals surface area contributed by atoms with Crippen LogP contribution in [0.1, 0.15) is 18.1 Å². The molecule has 2 amide bonds. The van der Waals surface area contributed by atoms with Crippen molar-refractivity contribution in [2.24, 2.45) is 0 Å². The summed E-state index contributed by atoms with van der Waals surface area (Å²) in [5.74, 6) is -0.294. The van der Waals surface area contributed by atoms with Gasteiger partial charge in [0, 0.05) is 18.1 Å². The minimum atomic E-state index is -3.81. The van der Waals surface area contributed by atoms with Crippen molar-refractivity contribution in [2.75, 3.05) is 24.2 Å². The molecule has 0 fully saturated rings. The molecule has 0 aromatic heterocycles. The highest BCUT2D eigenvalue weighted by Gasteiger charge is 2.29. The maximum Gasteiger partial charge on any atom is 0.244 e. The van der Waals surface area contributed by atoms with Gasteiger partial charge in [-0.05, 0) is 54.4 Å². The first kappa shape index (κ1) is 28.2. The summed E-state index contributed by atoms with van der Waals surface area (Å²) in [6.45, 7) is 1.66. The molecule has 0 spiro atoms. The maximum atomic E-state index is 13.5. The van der Waals surface area contributed by atoms with Crippen molar-refractivity contribution >= 4 is 43.5 Å². The number of carbonyl (C=O) groups excluding carboxylic acids is 2. The summed E-state index contributed by atoms with van der Waals surface area (Å²) in [6, 6.07) is 22.7. The Morgan fingerprint density at radius 3 is 2.22 bits per heavy atom. The summed E-state index contributed by atoms with van der Waals surface area (Å²) in [6.07, 6.45) is 1.04. The predicted octanol–water partition coefficient (Wildman–Crippen LogP) is 3.96. The Kier molecular flexibility index (Phi) is 9.71. The van der Waals surface area contributed by atoms with E-state index in [2.05, 4.69) is 21.2 Å². The number of halogens is 1. The minimum absolute atomic E-state index is 0.136. The molecule has 37 heavy (non-hydrogen) atoms. The molecule has 0 heterocycles. The highest BCUT2D eigenvalue weighted by Crippen LogP contribution is 2.23. The molecule has 0 aliphatic heterocycles. The van der Waals surface area contributed by atoms with Gasteiger partial charge in [-0.25, -0.2) is 8.42 Å². The van der Waals surface area contributed by atoms with E-state index in [0.29, 0.717) is 18.0 Å². The molecule has 10 heteroatoms. The molecule has 1 atom stereocenters. The molecule has 0 unspecified atom stereocenters. The van der Waals surface area contributed by atoms with Gasteiger partial charge >= 0.3 is 0 Å². The number of hydrogen-bond donors (Lipinski definition) is 1. The van der Waals surface area contributed by atoms with E-state index in [1.165, 1.54) is 11.9 Å². The number of nitrogens with zero attached hydrogens (tertiary/aromatic N) is 2. The Balaban J connectivity index is 1.80. The average Bonchev–Trinajstić information content (AvgIpc) is 2.88. The number of ether oxygens (including phenoxy) is 1. The molecule has 3 rings (SSSR count). The molecule has 0 radical (unpaired) electrons. The van der Waals surface area contributed by atoms with Crippen LogP contribution in [0.5, 0.6) is 5.75 Å². The van der Waals surface area contributed by atoms with Gasteiger partial charge < -0.3 is 15.0 Å². The van der Waals surface area contributed by atoms with Crippen molar-refractivity contribution in [3.05, 3.63) is 94.5 Å². The number of amides is 2. The van der Waals surface area contributed by atoms with Crippen LogP contribution in [-0.2, 0) is 32.8 Å². The van der Waals surface area contributed by atoms with Crippen LogP contribution >= 0.6 is 15.9 Å². The van der Waals surface area contributed by atoms with Gasteiger partial charge in [0.15, 0.2) is 0 Å². The van der Waals surface area contributed by atoms with Crippen molar-refractivity contribution in [3.63, 3.8) is 0 Å². The van der Waals surface area contributed by atoms with E-state index in [0.717, 1.165) is 26.2 Å². The fourth-order valence-electron chi connectivity index (χ4n) is 3.69. The van der Waals surface area contributed by atoms with Crippen molar-refractivity contribution in [2.45, 2.75) is 26.1 Å². The lowest BCUT2D eigenvalue weighted by Gasteiger charge is -2.31. The van der Waals surface area contributed by atoms with Gasteiger partial charge in [0.25, 0.3) is 0 Å². The summed E-state index contributed by atoms with van der Waals surface area (Å²) in [4.78, 5) is 27.2. The SMILES string of the molecule is CNC(=O)[C@H](C)N(Cc1cccc(Br)c1)C(=O)CN(c1ccc(OCc2ccccc2)cc1)S(C)(=O)=O. The third-order valence-corrected chi connectivity index (χ3v) is 7.34. The van der Waals surface area contributed by atoms with Gasteiger partial charge in [-0.2, -0.15) is 0 Å². The highest BCUT2D eigenvalue weighted by atomic mass is 79.9. The maximum absolute atomic E-state index is 13.5. The van der Waals surface area contributed by atoms with Crippen LogP contribution in [0.4, 0.5) is 5.69 Å². The summed E-state index contributed by atoms with van der Waals surface area (Å²) < 4.78 is 33.0. The van der Waals surface area contributed by atoms with Crippen molar-refractivity contribution in [3.8, 4) is 5.75 Å². The number of hydrogen-bond acceptors (Lipinski definition) is 5. The van der Waals surface area contributed by atoms with E-state index < -0.39 is 28.5 Å². The summed E-state index contributed by atoms with van der Waals surface area (Å²) in [5.41, 5.74) is 2.12. The zero-order chi connectivity index (χ0) is 27.0. The fourth-order valence-corrected chi connectivity index (χ4v) is 4.98. The molecular weight excluding hydrogens is 558 g/mol. The Morgan fingerprint density at radius 1 is 0.973 bits per heavy atom. The second-order valence-corrected chi connectivity index (χ2v) is 11.3. The normalized spacial score (nSPS) is 11.9. The van der Waals surface area contributed by atoms with Crippen LogP contribution in [-0.4, -0.2) is 51.0 Å². The van der Waals surface area contributed by atoms with Crippen LogP contribution in [0.3, 0.4) is 0 Å². The first-order valence-corrected chi connectivity index (χ1v) is 14.2. The van der Waals surface area contributed by atoms with E-state index in [1.54, 1.807) is 31.2 Å². The Morgan fingerprint density at radius 2 is 1.62 bits per heavy atom. The first-order valence-electron chi connectivity index (χ1n) is 11.6. The third-order valence-electron chi connectivity index (χ3n) is 5.71. The number of nitrogens with one attached hydrogen (secondary N) is 1. The largest absolute Gasteiger partial charge is 0.489 e. The smallest absolute Gasteiger partial charge is 0.244 e. The standard InChI is InChI=1S/C27H30BrN3O5S/c1-20(27(33)29-2)30(17-22-10-7-11-23(28)16-22)26(32)18-31(37(3,34)35)24-12-14-25(15-13-24)36-19-21-8-5-4-6-9-21/h4-16,20H,17-19H2,1-3H3,(H,29,33)/t20-/m0/s1. The number of benzene rings is 3. The zero-order valence-electron chi connectivity index (χ0n) is 20.9. The first-order chi connectivity index (χ1) is 17.6. The van der Waals surface area contributed by atoms with E-state index >= 15 is 0 Å². The van der Waals surface area contributed by atoms with Gasteiger partial charge in [0.1, 0.15) is 24.9 Å². The summed E-state index contributed by atoms with van der Waals surface area (Å²) >= 11 is 3.42. The second kappa shape index (κ2) is 12.7. The molecule has 3 aromatic carbocycles. The van der Waals surface area contributed by atoms with E-state index in [-0.39, 0.29) is 12.5 Å². The van der Waals surface area contributed by atoms with Crippen LogP contribution in [0, 0.1) is 0 Å². The molecule has 1 N–H and O–H groups in total. The lowest BCUT2D eigenvalue weighted by Crippen LogP contribution is -2.50. The van der Waals surface area contributed by atoms with Gasteiger partial charge in [0.05, 0.1) is 11.9 Å². The quantitative estimate of drug-likeness (QED) is 0.366. The molecule has 0 aliphatic rings. The molecular formula is C27H30BrN3O5S. The lowest BCUT2D eigenvalue weighted by molar-refractivity contribution is -0.139. The van der Waals surface area contributed by atoms with Gasteiger partial charge in [-0.1, -0.05) is 58.4 Å². The van der Waals surface area contributed by atoms with E-state index in [4.69, 9.17) is 4.74 Å². The third kappa shape index (κ3) is 8.06. The molecule has 196 valence electrons. The molecule has 0 saturated heterocycles. The van der Waals surface area contributed by atoms with Gasteiger partial charge in [0.2, 0.25) is 21.8 Å². The monoisotopic (exact) mass is 587 g/mol.